The van der Waals surface area contributed by atoms with Crippen molar-refractivity contribution < 1.29 is 5.11 Å². The van der Waals surface area contributed by atoms with Crippen LogP contribution in [0.2, 0.25) is 5.02 Å². The van der Waals surface area contributed by atoms with Gasteiger partial charge in [0.2, 0.25) is 0 Å². The van der Waals surface area contributed by atoms with Crippen LogP contribution in [0.25, 0.3) is 6.08 Å². The molecule has 25 heavy (non-hydrogen) atoms. The summed E-state index contributed by atoms with van der Waals surface area (Å²) in [7, 11) is 0. The van der Waals surface area contributed by atoms with Gasteiger partial charge < -0.3 is 5.11 Å². The molecule has 126 valence electrons. The number of rotatable bonds is 6. The van der Waals surface area contributed by atoms with Crippen molar-refractivity contribution in [3.63, 3.8) is 0 Å². The van der Waals surface area contributed by atoms with Crippen molar-refractivity contribution in [1.82, 2.24) is 0 Å². The summed E-state index contributed by atoms with van der Waals surface area (Å²) in [5.41, 5.74) is 3.17. The van der Waals surface area contributed by atoms with Crippen LogP contribution < -0.4 is 0 Å². The van der Waals surface area contributed by atoms with E-state index in [0.717, 1.165) is 23.1 Å². The molecule has 0 bridgehead atoms. The van der Waals surface area contributed by atoms with Crippen LogP contribution in [-0.4, -0.2) is 5.11 Å². The SMILES string of the molecule is O[C@@H](c1ccc(Cl)cc1)[C@@H](C/C=C/c1ccccc1)c1ccccc1. The fourth-order valence-corrected chi connectivity index (χ4v) is 3.08. The van der Waals surface area contributed by atoms with Crippen molar-refractivity contribution in [3.05, 3.63) is 113 Å². The molecule has 1 nitrogen and oxygen atoms in total. The minimum absolute atomic E-state index is 0.0117. The van der Waals surface area contributed by atoms with E-state index in [0.29, 0.717) is 5.02 Å². The Morgan fingerprint density at radius 2 is 1.36 bits per heavy atom. The Kier molecular flexibility index (Phi) is 6.05. The van der Waals surface area contributed by atoms with Gasteiger partial charge in [-0.2, -0.15) is 0 Å². The Bertz CT molecular complexity index is 795. The molecule has 3 aromatic rings. The number of benzene rings is 3. The second-order valence-electron chi connectivity index (χ2n) is 6.06. The predicted octanol–water partition coefficient (Wildman–Crippen LogP) is 6.26. The minimum Gasteiger partial charge on any atom is -0.388 e. The highest BCUT2D eigenvalue weighted by atomic mass is 35.5. The molecule has 3 rings (SSSR count). The Hall–Kier alpha value is -2.35. The summed E-state index contributed by atoms with van der Waals surface area (Å²) >= 11 is 5.97. The zero-order valence-electron chi connectivity index (χ0n) is 13.9. The lowest BCUT2D eigenvalue weighted by Gasteiger charge is -2.23. The molecule has 0 aliphatic heterocycles. The maximum absolute atomic E-state index is 10.9. The van der Waals surface area contributed by atoms with E-state index in [4.69, 9.17) is 11.6 Å². The maximum Gasteiger partial charge on any atom is 0.0861 e. The fourth-order valence-electron chi connectivity index (χ4n) is 2.95. The van der Waals surface area contributed by atoms with Gasteiger partial charge >= 0.3 is 0 Å². The van der Waals surface area contributed by atoms with Crippen molar-refractivity contribution in [2.75, 3.05) is 0 Å². The average Bonchev–Trinajstić information content (AvgIpc) is 2.67. The summed E-state index contributed by atoms with van der Waals surface area (Å²) in [6, 6.07) is 27.8. The van der Waals surface area contributed by atoms with Crippen LogP contribution in [0.4, 0.5) is 0 Å². The van der Waals surface area contributed by atoms with Gasteiger partial charge in [-0.1, -0.05) is 96.5 Å². The molecular formula is C23H21ClO. The van der Waals surface area contributed by atoms with Crippen LogP contribution in [0.3, 0.4) is 0 Å². The molecule has 0 unspecified atom stereocenters. The number of aliphatic hydroxyl groups is 1. The Balaban J connectivity index is 1.82. The summed E-state index contributed by atoms with van der Waals surface area (Å²) in [6.07, 6.45) is 4.40. The largest absolute Gasteiger partial charge is 0.388 e. The van der Waals surface area contributed by atoms with Crippen LogP contribution in [0.15, 0.2) is 91.0 Å². The summed E-state index contributed by atoms with van der Waals surface area (Å²) < 4.78 is 0. The predicted molar refractivity (Wildman–Crippen MR) is 106 cm³/mol. The molecule has 0 radical (unpaired) electrons. The molecule has 0 aromatic heterocycles. The van der Waals surface area contributed by atoms with E-state index in [1.54, 1.807) is 0 Å². The smallest absolute Gasteiger partial charge is 0.0861 e. The van der Waals surface area contributed by atoms with E-state index in [1.807, 2.05) is 60.7 Å². The third-order valence-electron chi connectivity index (χ3n) is 4.32. The summed E-state index contributed by atoms with van der Waals surface area (Å²) in [6.45, 7) is 0. The average molecular weight is 349 g/mol. The highest BCUT2D eigenvalue weighted by molar-refractivity contribution is 6.30. The number of hydrogen-bond donors (Lipinski definition) is 1. The quantitative estimate of drug-likeness (QED) is 0.557. The Labute approximate surface area is 154 Å². The molecule has 0 aliphatic rings. The second-order valence-corrected chi connectivity index (χ2v) is 6.50. The first-order chi connectivity index (χ1) is 12.2. The van der Waals surface area contributed by atoms with E-state index in [2.05, 4.69) is 36.4 Å². The number of halogens is 1. The lowest BCUT2D eigenvalue weighted by molar-refractivity contribution is 0.145. The molecule has 0 saturated heterocycles. The normalized spacial score (nSPS) is 13.7. The number of aliphatic hydroxyl groups excluding tert-OH is 1. The first-order valence-corrected chi connectivity index (χ1v) is 8.82. The number of allylic oxidation sites excluding steroid dienone is 1. The maximum atomic E-state index is 10.9. The van der Waals surface area contributed by atoms with Gasteiger partial charge in [-0.15, -0.1) is 0 Å². The molecule has 3 aromatic carbocycles. The molecule has 0 saturated carbocycles. The van der Waals surface area contributed by atoms with Crippen LogP contribution in [0.5, 0.6) is 0 Å². The third kappa shape index (κ3) is 4.82. The molecule has 2 heteroatoms. The van der Waals surface area contributed by atoms with Crippen molar-refractivity contribution in [2.24, 2.45) is 0 Å². The van der Waals surface area contributed by atoms with Gasteiger partial charge in [-0.3, -0.25) is 0 Å². The van der Waals surface area contributed by atoms with Gasteiger partial charge in [-0.25, -0.2) is 0 Å². The Morgan fingerprint density at radius 3 is 2.00 bits per heavy atom. The van der Waals surface area contributed by atoms with Crippen LogP contribution in [-0.2, 0) is 0 Å². The Morgan fingerprint density at radius 1 is 0.760 bits per heavy atom. The van der Waals surface area contributed by atoms with E-state index in [-0.39, 0.29) is 5.92 Å². The van der Waals surface area contributed by atoms with Crippen LogP contribution in [0.1, 0.15) is 35.1 Å². The molecule has 0 heterocycles. The van der Waals surface area contributed by atoms with Gasteiger partial charge in [0.15, 0.2) is 0 Å². The fraction of sp³-hybridized carbons (Fsp3) is 0.130. The van der Waals surface area contributed by atoms with E-state index in [9.17, 15) is 5.11 Å². The molecule has 0 spiro atoms. The highest BCUT2D eigenvalue weighted by Crippen LogP contribution is 2.34. The van der Waals surface area contributed by atoms with Gasteiger partial charge in [0.05, 0.1) is 6.10 Å². The summed E-state index contributed by atoms with van der Waals surface area (Å²) in [5, 5.41) is 11.6. The standard InChI is InChI=1S/C23H21ClO/c24-21-16-14-20(15-17-21)23(25)22(19-11-5-2-6-12-19)13-7-10-18-8-3-1-4-9-18/h1-12,14-17,22-23,25H,13H2/b10-7+/t22-,23-/m0/s1. The van der Waals surface area contributed by atoms with Crippen LogP contribution in [0, 0.1) is 0 Å². The van der Waals surface area contributed by atoms with Crippen molar-refractivity contribution >= 4 is 17.7 Å². The lowest BCUT2D eigenvalue weighted by atomic mass is 9.86. The van der Waals surface area contributed by atoms with Gasteiger partial charge in [-0.05, 0) is 35.2 Å². The number of hydrogen-bond acceptors (Lipinski definition) is 1. The molecular weight excluding hydrogens is 328 g/mol. The van der Waals surface area contributed by atoms with E-state index >= 15 is 0 Å². The first-order valence-electron chi connectivity index (χ1n) is 8.44. The van der Waals surface area contributed by atoms with Crippen molar-refractivity contribution in [2.45, 2.75) is 18.4 Å². The lowest BCUT2D eigenvalue weighted by Crippen LogP contribution is -2.10. The highest BCUT2D eigenvalue weighted by Gasteiger charge is 2.21. The van der Waals surface area contributed by atoms with Gasteiger partial charge in [0.25, 0.3) is 0 Å². The topological polar surface area (TPSA) is 20.2 Å². The van der Waals surface area contributed by atoms with Crippen molar-refractivity contribution in [3.8, 4) is 0 Å². The van der Waals surface area contributed by atoms with Gasteiger partial charge in [0.1, 0.15) is 0 Å². The molecule has 2 atom stereocenters. The van der Waals surface area contributed by atoms with Crippen LogP contribution >= 0.6 is 11.6 Å². The minimum atomic E-state index is -0.583. The summed E-state index contributed by atoms with van der Waals surface area (Å²) in [5.74, 6) is -0.0117. The second kappa shape index (κ2) is 8.66. The third-order valence-corrected chi connectivity index (χ3v) is 4.57. The first kappa shape index (κ1) is 17.5. The molecule has 0 fully saturated rings. The molecule has 0 amide bonds. The van der Waals surface area contributed by atoms with E-state index in [1.165, 1.54) is 0 Å². The van der Waals surface area contributed by atoms with Gasteiger partial charge in [0, 0.05) is 10.9 Å². The monoisotopic (exact) mass is 348 g/mol. The van der Waals surface area contributed by atoms with E-state index < -0.39 is 6.10 Å². The molecule has 1 N–H and O–H groups in total. The van der Waals surface area contributed by atoms with Crippen molar-refractivity contribution in [1.29, 1.82) is 0 Å². The zero-order valence-corrected chi connectivity index (χ0v) is 14.7. The molecule has 0 aliphatic carbocycles. The zero-order chi connectivity index (χ0) is 17.5. The summed E-state index contributed by atoms with van der Waals surface area (Å²) in [4.78, 5) is 0.